The topological polar surface area (TPSA) is 68.1 Å². The van der Waals surface area contributed by atoms with E-state index in [9.17, 15) is 4.79 Å². The minimum atomic E-state index is -0.319. The highest BCUT2D eigenvalue weighted by atomic mass is 16.5. The summed E-state index contributed by atoms with van der Waals surface area (Å²) >= 11 is 0. The van der Waals surface area contributed by atoms with Gasteiger partial charge in [-0.2, -0.15) is 0 Å². The number of aromatic nitrogens is 1. The Labute approximate surface area is 119 Å². The number of nitrogens with one attached hydrogen (secondary N) is 1. The van der Waals surface area contributed by atoms with Gasteiger partial charge in [-0.25, -0.2) is 4.79 Å². The summed E-state index contributed by atoms with van der Waals surface area (Å²) in [6.07, 6.45) is 2.43. The van der Waals surface area contributed by atoms with Gasteiger partial charge in [0.1, 0.15) is 5.69 Å². The third-order valence-electron chi connectivity index (χ3n) is 3.34. The normalized spacial score (nSPS) is 13.8. The number of fused-ring (bicyclic) bond motifs is 1. The third-order valence-corrected chi connectivity index (χ3v) is 3.34. The van der Waals surface area contributed by atoms with Crippen molar-refractivity contribution in [2.45, 2.75) is 39.5 Å². The summed E-state index contributed by atoms with van der Waals surface area (Å²) in [4.78, 5) is 14.7. The molecule has 0 saturated heterocycles. The Morgan fingerprint density at radius 3 is 2.65 bits per heavy atom. The van der Waals surface area contributed by atoms with Crippen LogP contribution in [0.3, 0.4) is 0 Å². The Morgan fingerprint density at radius 1 is 1.35 bits per heavy atom. The van der Waals surface area contributed by atoms with Crippen molar-refractivity contribution in [1.29, 1.82) is 0 Å². The molecule has 0 bridgehead atoms. The van der Waals surface area contributed by atoms with Crippen LogP contribution in [-0.4, -0.2) is 17.6 Å². The Bertz CT molecular complexity index is 612. The summed E-state index contributed by atoms with van der Waals surface area (Å²) in [5.41, 5.74) is 9.42. The van der Waals surface area contributed by atoms with Gasteiger partial charge in [0, 0.05) is 16.6 Å². The number of hydrogen-bond donors (Lipinski definition) is 2. The molecule has 0 spiro atoms. The van der Waals surface area contributed by atoms with E-state index in [-0.39, 0.29) is 5.97 Å². The molecular weight excluding hydrogens is 252 g/mol. The molecule has 0 amide bonds. The van der Waals surface area contributed by atoms with Crippen molar-refractivity contribution < 1.29 is 9.53 Å². The fourth-order valence-electron chi connectivity index (χ4n) is 2.28. The Balaban J connectivity index is 0.000000704. The van der Waals surface area contributed by atoms with Crippen LogP contribution in [0, 0.1) is 0 Å². The molecule has 0 radical (unpaired) electrons. The van der Waals surface area contributed by atoms with Crippen LogP contribution in [-0.2, 0) is 4.74 Å². The van der Waals surface area contributed by atoms with Gasteiger partial charge in [0.05, 0.1) is 6.61 Å². The molecule has 1 aromatic carbocycles. The first-order valence-electron chi connectivity index (χ1n) is 7.28. The van der Waals surface area contributed by atoms with Crippen LogP contribution in [0.5, 0.6) is 0 Å². The molecule has 4 nitrogen and oxygen atoms in total. The molecule has 0 unspecified atom stereocenters. The lowest BCUT2D eigenvalue weighted by Gasteiger charge is -2.03. The predicted octanol–water partition coefficient (Wildman–Crippen LogP) is 3.83. The molecule has 0 aliphatic heterocycles. The lowest BCUT2D eigenvalue weighted by Crippen LogP contribution is -2.04. The molecule has 1 fully saturated rings. The Kier molecular flexibility index (Phi) is 4.32. The average Bonchev–Trinajstić information content (AvgIpc) is 3.20. The van der Waals surface area contributed by atoms with Crippen LogP contribution < -0.4 is 5.73 Å². The number of aromatic amines is 1. The third kappa shape index (κ3) is 2.79. The van der Waals surface area contributed by atoms with E-state index in [0.29, 0.717) is 18.2 Å². The molecular formula is C16H22N2O2. The molecule has 1 aliphatic carbocycles. The number of rotatable bonds is 3. The van der Waals surface area contributed by atoms with Gasteiger partial charge in [0.15, 0.2) is 0 Å². The smallest absolute Gasteiger partial charge is 0.354 e. The highest BCUT2D eigenvalue weighted by molar-refractivity contribution is 5.96. The van der Waals surface area contributed by atoms with Gasteiger partial charge >= 0.3 is 5.97 Å². The number of ether oxygens (including phenoxy) is 1. The van der Waals surface area contributed by atoms with Crippen molar-refractivity contribution >= 4 is 22.6 Å². The summed E-state index contributed by atoms with van der Waals surface area (Å²) in [6.45, 7) is 6.17. The van der Waals surface area contributed by atoms with E-state index in [2.05, 4.69) is 11.1 Å². The number of hydrogen-bond acceptors (Lipinski definition) is 3. The maximum absolute atomic E-state index is 11.6. The summed E-state index contributed by atoms with van der Waals surface area (Å²) in [7, 11) is 0. The molecule has 2 aromatic rings. The molecule has 0 atom stereocenters. The van der Waals surface area contributed by atoms with Crippen molar-refractivity contribution in [3.05, 3.63) is 29.5 Å². The maximum Gasteiger partial charge on any atom is 0.354 e. The fraction of sp³-hybridized carbons (Fsp3) is 0.438. The van der Waals surface area contributed by atoms with E-state index in [0.717, 1.165) is 16.6 Å². The summed E-state index contributed by atoms with van der Waals surface area (Å²) in [5, 5.41) is 1.02. The number of H-pyrrole nitrogens is 1. The number of nitrogens with two attached hydrogens (primary N) is 1. The zero-order valence-corrected chi connectivity index (χ0v) is 12.3. The van der Waals surface area contributed by atoms with Gasteiger partial charge in [-0.1, -0.05) is 13.8 Å². The second-order valence-electron chi connectivity index (χ2n) is 4.75. The summed E-state index contributed by atoms with van der Waals surface area (Å²) < 4.78 is 4.98. The van der Waals surface area contributed by atoms with Crippen molar-refractivity contribution in [3.8, 4) is 0 Å². The van der Waals surface area contributed by atoms with E-state index in [4.69, 9.17) is 10.5 Å². The van der Waals surface area contributed by atoms with Crippen molar-refractivity contribution in [3.63, 3.8) is 0 Å². The van der Waals surface area contributed by atoms with E-state index in [1.807, 2.05) is 26.0 Å². The minimum Gasteiger partial charge on any atom is -0.461 e. The first-order valence-corrected chi connectivity index (χ1v) is 7.28. The maximum atomic E-state index is 11.6. The lowest BCUT2D eigenvalue weighted by atomic mass is 10.1. The molecule has 3 N–H and O–H groups in total. The van der Waals surface area contributed by atoms with Crippen LogP contribution >= 0.6 is 0 Å². The molecule has 1 heterocycles. The molecule has 108 valence electrons. The van der Waals surface area contributed by atoms with Gasteiger partial charge in [-0.05, 0) is 49.4 Å². The van der Waals surface area contributed by atoms with Crippen molar-refractivity contribution in [2.24, 2.45) is 0 Å². The van der Waals surface area contributed by atoms with Crippen molar-refractivity contribution in [2.75, 3.05) is 12.3 Å². The van der Waals surface area contributed by atoms with E-state index < -0.39 is 0 Å². The molecule has 1 aliphatic rings. The number of anilines is 1. The highest BCUT2D eigenvalue weighted by Crippen LogP contribution is 2.43. The van der Waals surface area contributed by atoms with Crippen LogP contribution in [0.25, 0.3) is 10.9 Å². The molecule has 4 heteroatoms. The molecule has 1 saturated carbocycles. The standard InChI is InChI=1S/C14H16N2O2.C2H6/c1-2-18-14(17)13-6-9-5-10(8-3-4-8)11(15)7-12(9)16-13;1-2/h5-8,16H,2-4,15H2,1H3;1-2H3. The minimum absolute atomic E-state index is 0.319. The fourth-order valence-corrected chi connectivity index (χ4v) is 2.28. The average molecular weight is 274 g/mol. The van der Waals surface area contributed by atoms with E-state index >= 15 is 0 Å². The van der Waals surface area contributed by atoms with E-state index in [1.165, 1.54) is 18.4 Å². The Hall–Kier alpha value is -1.97. The first-order chi connectivity index (χ1) is 9.69. The Morgan fingerprint density at radius 2 is 2.05 bits per heavy atom. The quantitative estimate of drug-likeness (QED) is 0.660. The van der Waals surface area contributed by atoms with Crippen LogP contribution in [0.15, 0.2) is 18.2 Å². The largest absolute Gasteiger partial charge is 0.461 e. The molecule has 20 heavy (non-hydrogen) atoms. The van der Waals surface area contributed by atoms with Gasteiger partial charge in [0.25, 0.3) is 0 Å². The van der Waals surface area contributed by atoms with Gasteiger partial charge in [-0.3, -0.25) is 0 Å². The number of carbonyl (C=O) groups excluding carboxylic acids is 1. The van der Waals surface area contributed by atoms with Crippen LogP contribution in [0.2, 0.25) is 0 Å². The van der Waals surface area contributed by atoms with Crippen LogP contribution in [0.4, 0.5) is 5.69 Å². The highest BCUT2D eigenvalue weighted by Gasteiger charge is 2.26. The summed E-state index contributed by atoms with van der Waals surface area (Å²) in [6, 6.07) is 5.83. The lowest BCUT2D eigenvalue weighted by molar-refractivity contribution is 0.0520. The number of nitrogen functional groups attached to an aromatic ring is 1. The van der Waals surface area contributed by atoms with E-state index in [1.54, 1.807) is 6.92 Å². The zero-order chi connectivity index (χ0) is 14.7. The monoisotopic (exact) mass is 274 g/mol. The SMILES string of the molecule is CC.CCOC(=O)c1cc2cc(C3CC3)c(N)cc2[nH]1. The number of benzene rings is 1. The van der Waals surface area contributed by atoms with Crippen LogP contribution in [0.1, 0.15) is 55.6 Å². The van der Waals surface area contributed by atoms with Gasteiger partial charge in [0.2, 0.25) is 0 Å². The number of esters is 1. The van der Waals surface area contributed by atoms with Gasteiger partial charge < -0.3 is 15.5 Å². The second-order valence-corrected chi connectivity index (χ2v) is 4.75. The van der Waals surface area contributed by atoms with Gasteiger partial charge in [-0.15, -0.1) is 0 Å². The first kappa shape index (κ1) is 14.4. The second kappa shape index (κ2) is 5.99. The molecule has 1 aromatic heterocycles. The van der Waals surface area contributed by atoms with Crippen molar-refractivity contribution in [1.82, 2.24) is 4.98 Å². The number of carbonyl (C=O) groups is 1. The molecule has 3 rings (SSSR count). The predicted molar refractivity (Wildman–Crippen MR) is 82.0 cm³/mol. The zero-order valence-electron chi connectivity index (χ0n) is 12.3. The summed E-state index contributed by atoms with van der Waals surface area (Å²) in [5.74, 6) is 0.288.